The van der Waals surface area contributed by atoms with Crippen LogP contribution in [0, 0.1) is 11.5 Å². The zero-order valence-corrected chi connectivity index (χ0v) is 53.7. The normalized spacial score (nSPS) is 17.5. The van der Waals surface area contributed by atoms with Crippen molar-refractivity contribution in [3.63, 3.8) is 0 Å². The highest BCUT2D eigenvalue weighted by atomic mass is 28.4. The van der Waals surface area contributed by atoms with Gasteiger partial charge >= 0.3 is 0 Å². The Bertz CT molecular complexity index is 2850. The first-order chi connectivity index (χ1) is 36.2. The minimum absolute atomic E-state index is 0.0325. The minimum atomic E-state index is -2.16. The average molecular weight is 1080 g/mol. The van der Waals surface area contributed by atoms with Crippen LogP contribution in [0.25, 0.3) is 11.1 Å². The summed E-state index contributed by atoms with van der Waals surface area (Å²) in [6.45, 7) is 41.5. The summed E-state index contributed by atoms with van der Waals surface area (Å²) in [5, 5.41) is 0. The molecule has 6 aromatic rings. The summed E-state index contributed by atoms with van der Waals surface area (Å²) in [4.78, 5) is 0. The van der Waals surface area contributed by atoms with E-state index in [2.05, 4.69) is 305 Å². The molecule has 0 saturated carbocycles. The fourth-order valence-electron chi connectivity index (χ4n) is 11.5. The van der Waals surface area contributed by atoms with Crippen LogP contribution >= 0.6 is 0 Å². The molecule has 0 spiro atoms. The Hall–Kier alpha value is -5.07. The Balaban J connectivity index is 1.35. The van der Waals surface area contributed by atoms with Gasteiger partial charge in [-0.05, 0) is 150 Å². The topological polar surface area (TPSA) is 18.5 Å². The molecule has 0 aromatic heterocycles. The summed E-state index contributed by atoms with van der Waals surface area (Å²) < 4.78 is 15.4. The van der Waals surface area contributed by atoms with E-state index in [1.165, 1.54) is 50.1 Å². The van der Waals surface area contributed by atoms with Crippen molar-refractivity contribution in [1.82, 2.24) is 0 Å². The van der Waals surface area contributed by atoms with Gasteiger partial charge in [0.1, 0.15) is 19.3 Å². The summed E-state index contributed by atoms with van der Waals surface area (Å²) in [6, 6.07) is 62.3. The lowest BCUT2D eigenvalue weighted by molar-refractivity contribution is 0.121. The Morgan fingerprint density at radius 2 is 0.597 bits per heavy atom. The summed E-state index contributed by atoms with van der Waals surface area (Å²) >= 11 is 0. The number of rotatable bonds is 17. The Labute approximate surface area is 471 Å². The van der Waals surface area contributed by atoms with Crippen molar-refractivity contribution in [2.24, 2.45) is 0 Å². The van der Waals surface area contributed by atoms with E-state index < -0.39 is 41.3 Å². The first-order valence-corrected chi connectivity index (χ1v) is 37.7. The highest BCUT2D eigenvalue weighted by Gasteiger charge is 2.46. The van der Waals surface area contributed by atoms with E-state index in [9.17, 15) is 0 Å². The van der Waals surface area contributed by atoms with E-state index in [0.29, 0.717) is 0 Å². The maximum Gasteiger partial charge on any atom is 0.194 e. The van der Waals surface area contributed by atoms with Gasteiger partial charge in [-0.2, -0.15) is 0 Å². The van der Waals surface area contributed by atoms with Crippen LogP contribution < -0.4 is 0 Å². The van der Waals surface area contributed by atoms with Crippen molar-refractivity contribution in [2.75, 3.05) is 0 Å². The van der Waals surface area contributed by atoms with Gasteiger partial charge in [-0.1, -0.05) is 263 Å². The molecule has 5 heteroatoms. The predicted octanol–water partition coefficient (Wildman–Crippen LogP) is 20.1. The van der Waals surface area contributed by atoms with E-state index in [1.807, 2.05) is 0 Å². The standard InChI is InChI=1S/C72H94O2Si3/c1-19-76(20-2,21-3)73-70(61-31-25-55(26-32-61)49-54-75(16,17)18)50-52-71(53-51-70,74-77(22-4,23-5)24-6)62-33-27-56(28-34-62)57-29-35-63(36-30-57)72(64-43-37-58(38-44-64)67(7,8)9,65-45-39-59(40-46-65)68(10,11)12)66-47-41-60(42-48-66)69(13,14)15/h25-48,50-53H,19-24H2,1-18H3. The van der Waals surface area contributed by atoms with E-state index >= 15 is 0 Å². The molecule has 1 aliphatic carbocycles. The molecule has 6 aromatic carbocycles. The monoisotopic (exact) mass is 1070 g/mol. The molecule has 77 heavy (non-hydrogen) atoms. The van der Waals surface area contributed by atoms with Gasteiger partial charge in [0.2, 0.25) is 0 Å². The molecule has 406 valence electrons. The molecule has 0 saturated heterocycles. The smallest absolute Gasteiger partial charge is 0.194 e. The number of benzene rings is 6. The van der Waals surface area contributed by atoms with E-state index in [0.717, 1.165) is 53.0 Å². The molecule has 0 unspecified atom stereocenters. The summed E-state index contributed by atoms with van der Waals surface area (Å²) in [5.74, 6) is 3.48. The van der Waals surface area contributed by atoms with Crippen LogP contribution in [-0.4, -0.2) is 24.7 Å². The summed E-state index contributed by atoms with van der Waals surface area (Å²) in [6.07, 6.45) is 9.41. The van der Waals surface area contributed by atoms with E-state index in [4.69, 9.17) is 8.85 Å². The maximum atomic E-state index is 7.73. The molecule has 0 fully saturated rings. The molecule has 7 rings (SSSR count). The van der Waals surface area contributed by atoms with Gasteiger partial charge in [-0.3, -0.25) is 0 Å². The molecule has 0 heterocycles. The first kappa shape index (κ1) is 59.6. The van der Waals surface area contributed by atoms with Gasteiger partial charge < -0.3 is 8.85 Å². The third-order valence-corrected chi connectivity index (χ3v) is 27.4. The van der Waals surface area contributed by atoms with Crippen molar-refractivity contribution < 1.29 is 8.85 Å². The summed E-state index contributed by atoms with van der Waals surface area (Å²) in [7, 11) is -5.79. The van der Waals surface area contributed by atoms with Crippen molar-refractivity contribution in [2.45, 2.75) is 193 Å². The second-order valence-corrected chi connectivity index (χ2v) is 40.5. The fraction of sp³-hybridized carbons (Fsp3) is 0.417. The lowest BCUT2D eigenvalue weighted by Gasteiger charge is -2.46. The molecular formula is C72H94O2Si3. The molecule has 0 aliphatic heterocycles. The zero-order valence-electron chi connectivity index (χ0n) is 50.7. The Morgan fingerprint density at radius 1 is 0.351 bits per heavy atom. The van der Waals surface area contributed by atoms with Crippen molar-refractivity contribution in [3.8, 4) is 22.6 Å². The van der Waals surface area contributed by atoms with Crippen molar-refractivity contribution >= 4 is 24.7 Å². The quantitative estimate of drug-likeness (QED) is 0.0392. The molecule has 0 N–H and O–H groups in total. The van der Waals surface area contributed by atoms with E-state index in [1.54, 1.807) is 0 Å². The second-order valence-electron chi connectivity index (χ2n) is 26.4. The highest BCUT2D eigenvalue weighted by Crippen LogP contribution is 2.49. The molecule has 1 aliphatic rings. The van der Waals surface area contributed by atoms with Gasteiger partial charge in [-0.25, -0.2) is 0 Å². The number of hydrogen-bond donors (Lipinski definition) is 0. The third-order valence-electron chi connectivity index (χ3n) is 17.3. The molecule has 2 nitrogen and oxygen atoms in total. The zero-order chi connectivity index (χ0) is 56.3. The van der Waals surface area contributed by atoms with Crippen molar-refractivity contribution in [1.29, 1.82) is 0 Å². The first-order valence-electron chi connectivity index (χ1n) is 29.2. The molecular weight excluding hydrogens is 981 g/mol. The third kappa shape index (κ3) is 12.7. The van der Waals surface area contributed by atoms with Crippen LogP contribution in [0.2, 0.25) is 55.9 Å². The van der Waals surface area contributed by atoms with Crippen molar-refractivity contribution in [3.05, 3.63) is 226 Å². The van der Waals surface area contributed by atoms with Gasteiger partial charge in [0.15, 0.2) is 16.6 Å². The highest BCUT2D eigenvalue weighted by molar-refractivity contribution is 6.84. The lowest BCUT2D eigenvalue weighted by atomic mass is 9.64. The van der Waals surface area contributed by atoms with Crippen LogP contribution in [0.5, 0.6) is 0 Å². The molecule has 0 atom stereocenters. The van der Waals surface area contributed by atoms with Crippen LogP contribution in [0.3, 0.4) is 0 Å². The number of hydrogen-bond acceptors (Lipinski definition) is 2. The van der Waals surface area contributed by atoms with Gasteiger partial charge in [0, 0.05) is 5.56 Å². The van der Waals surface area contributed by atoms with E-state index in [-0.39, 0.29) is 16.2 Å². The van der Waals surface area contributed by atoms with Gasteiger partial charge in [0.25, 0.3) is 0 Å². The molecule has 0 amide bonds. The predicted molar refractivity (Wildman–Crippen MR) is 341 cm³/mol. The van der Waals surface area contributed by atoms with Gasteiger partial charge in [0.05, 0.1) is 5.41 Å². The molecule has 0 bridgehead atoms. The average Bonchev–Trinajstić information content (AvgIpc) is 3.42. The fourth-order valence-corrected chi connectivity index (χ4v) is 17.8. The largest absolute Gasteiger partial charge is 0.401 e. The second kappa shape index (κ2) is 23.0. The van der Waals surface area contributed by atoms with Crippen LogP contribution in [0.4, 0.5) is 0 Å². The minimum Gasteiger partial charge on any atom is -0.401 e. The SMILES string of the molecule is CC[Si](CC)(CC)OC1(c2ccc(C#C[Si](C)(C)C)cc2)C=CC(O[Si](CC)(CC)CC)(c2ccc(-c3ccc(C(c4ccc(C(C)(C)C)cc4)(c4ccc(C(C)(C)C)cc4)c4ccc(C(C)(C)C)cc4)cc3)cc2)C=C1. The summed E-state index contributed by atoms with van der Waals surface area (Å²) in [5.41, 5.74) is 16.3. The lowest BCUT2D eigenvalue weighted by Crippen LogP contribution is -2.48. The van der Waals surface area contributed by atoms with Crippen LogP contribution in [0.15, 0.2) is 170 Å². The Kier molecular flexibility index (Phi) is 17.8. The van der Waals surface area contributed by atoms with Crippen LogP contribution in [0.1, 0.15) is 159 Å². The Morgan fingerprint density at radius 3 is 0.857 bits per heavy atom. The maximum absolute atomic E-state index is 7.73. The molecule has 0 radical (unpaired) electrons. The van der Waals surface area contributed by atoms with Crippen LogP contribution in [-0.2, 0) is 41.7 Å². The van der Waals surface area contributed by atoms with Gasteiger partial charge in [-0.15, -0.1) is 5.54 Å².